The summed E-state index contributed by atoms with van der Waals surface area (Å²) in [6.45, 7) is 1.91. The Bertz CT molecular complexity index is 648. The molecule has 1 heterocycles. The van der Waals surface area contributed by atoms with Crippen molar-refractivity contribution in [2.45, 2.75) is 17.2 Å². The van der Waals surface area contributed by atoms with Crippen molar-refractivity contribution in [3.8, 4) is 5.75 Å². The Kier molecular flexibility index (Phi) is 4.73. The number of aliphatic carboxylic acids is 1. The number of benzene rings is 1. The molecule has 1 aromatic carbocycles. The van der Waals surface area contributed by atoms with Crippen LogP contribution in [0.15, 0.2) is 29.2 Å². The summed E-state index contributed by atoms with van der Waals surface area (Å²) >= 11 is 7.17. The number of carboxylic acid groups (broad SMARTS) is 1. The molecule has 0 fully saturated rings. The van der Waals surface area contributed by atoms with Gasteiger partial charge in [0.25, 0.3) is 0 Å². The number of carboxylic acids is 1. The molecular formula is C14H14ClNO3S. The summed E-state index contributed by atoms with van der Waals surface area (Å²) in [5.41, 5.74) is 1.74. The SMILES string of the molecule is COc1ccc2nc(C)cc(SCC(Cl)C(=O)O)c2c1. The van der Waals surface area contributed by atoms with Gasteiger partial charge < -0.3 is 9.84 Å². The number of nitrogens with zero attached hydrogens (tertiary/aromatic N) is 1. The van der Waals surface area contributed by atoms with E-state index in [4.69, 9.17) is 21.4 Å². The molecule has 2 aromatic rings. The molecule has 0 amide bonds. The third-order valence-electron chi connectivity index (χ3n) is 2.76. The number of aryl methyl sites for hydroxylation is 1. The zero-order valence-corrected chi connectivity index (χ0v) is 12.7. The fourth-order valence-electron chi connectivity index (χ4n) is 1.78. The number of carbonyl (C=O) groups is 1. The molecule has 0 saturated carbocycles. The Labute approximate surface area is 126 Å². The van der Waals surface area contributed by atoms with Crippen LogP contribution in [0.5, 0.6) is 5.75 Å². The fraction of sp³-hybridized carbons (Fsp3) is 0.286. The van der Waals surface area contributed by atoms with Crippen molar-refractivity contribution in [1.29, 1.82) is 0 Å². The minimum absolute atomic E-state index is 0.298. The third kappa shape index (κ3) is 3.35. The molecule has 1 aromatic heterocycles. The maximum atomic E-state index is 10.8. The lowest BCUT2D eigenvalue weighted by atomic mass is 10.2. The molecule has 0 radical (unpaired) electrons. The number of thioether (sulfide) groups is 1. The lowest BCUT2D eigenvalue weighted by molar-refractivity contribution is -0.136. The molecule has 4 nitrogen and oxygen atoms in total. The smallest absolute Gasteiger partial charge is 0.322 e. The van der Waals surface area contributed by atoms with E-state index in [2.05, 4.69) is 4.98 Å². The molecule has 2 rings (SSSR count). The summed E-state index contributed by atoms with van der Waals surface area (Å²) < 4.78 is 5.21. The normalized spacial score (nSPS) is 12.3. The molecule has 0 saturated heterocycles. The second-order valence-corrected chi connectivity index (χ2v) is 5.85. The van der Waals surface area contributed by atoms with E-state index in [-0.39, 0.29) is 0 Å². The Morgan fingerprint density at radius 2 is 2.25 bits per heavy atom. The van der Waals surface area contributed by atoms with Crippen molar-refractivity contribution < 1.29 is 14.6 Å². The molecule has 0 aliphatic carbocycles. The average molecular weight is 312 g/mol. The van der Waals surface area contributed by atoms with Gasteiger partial charge in [0.2, 0.25) is 0 Å². The molecule has 0 aliphatic heterocycles. The standard InChI is InChI=1S/C14H14ClNO3S/c1-8-5-13(20-7-11(15)14(17)18)10-6-9(19-2)3-4-12(10)16-8/h3-6,11H,7H2,1-2H3,(H,17,18). The summed E-state index contributed by atoms with van der Waals surface area (Å²) in [5.74, 6) is 0.0321. The van der Waals surface area contributed by atoms with Crippen LogP contribution < -0.4 is 4.74 Å². The van der Waals surface area contributed by atoms with Gasteiger partial charge >= 0.3 is 5.97 Å². The first-order valence-corrected chi connectivity index (χ1v) is 7.38. The summed E-state index contributed by atoms with van der Waals surface area (Å²) in [5, 5.41) is 8.86. The van der Waals surface area contributed by atoms with Crippen LogP contribution in [0.3, 0.4) is 0 Å². The maximum Gasteiger partial charge on any atom is 0.322 e. The molecule has 1 atom stereocenters. The number of aromatic nitrogens is 1. The molecule has 0 bridgehead atoms. The number of hydrogen-bond acceptors (Lipinski definition) is 4. The van der Waals surface area contributed by atoms with Crippen LogP contribution in [0.2, 0.25) is 0 Å². The van der Waals surface area contributed by atoms with Gasteiger partial charge in [0.1, 0.15) is 11.1 Å². The second kappa shape index (κ2) is 6.33. The molecule has 1 N–H and O–H groups in total. The van der Waals surface area contributed by atoms with Crippen molar-refractivity contribution in [2.24, 2.45) is 0 Å². The van der Waals surface area contributed by atoms with Crippen LogP contribution in [0.1, 0.15) is 5.69 Å². The van der Waals surface area contributed by atoms with E-state index in [1.807, 2.05) is 31.2 Å². The van der Waals surface area contributed by atoms with Gasteiger partial charge in [0, 0.05) is 21.7 Å². The predicted octanol–water partition coefficient (Wildman–Crippen LogP) is 3.34. The number of alkyl halides is 1. The molecule has 20 heavy (non-hydrogen) atoms. The van der Waals surface area contributed by atoms with Crippen LogP contribution in [-0.4, -0.2) is 34.3 Å². The van der Waals surface area contributed by atoms with E-state index in [9.17, 15) is 4.79 Å². The molecule has 106 valence electrons. The summed E-state index contributed by atoms with van der Waals surface area (Å²) in [6, 6.07) is 7.57. The van der Waals surface area contributed by atoms with Crippen molar-refractivity contribution in [1.82, 2.24) is 4.98 Å². The highest BCUT2D eigenvalue weighted by atomic mass is 35.5. The second-order valence-electron chi connectivity index (χ2n) is 4.26. The van der Waals surface area contributed by atoms with E-state index < -0.39 is 11.3 Å². The van der Waals surface area contributed by atoms with E-state index in [0.29, 0.717) is 5.75 Å². The summed E-state index contributed by atoms with van der Waals surface area (Å²) in [4.78, 5) is 16.2. The van der Waals surface area contributed by atoms with Gasteiger partial charge in [-0.15, -0.1) is 23.4 Å². The first kappa shape index (κ1) is 14.9. The minimum atomic E-state index is -1.01. The topological polar surface area (TPSA) is 59.4 Å². The van der Waals surface area contributed by atoms with Crippen LogP contribution >= 0.6 is 23.4 Å². The summed E-state index contributed by atoms with van der Waals surface area (Å²) in [7, 11) is 1.61. The monoisotopic (exact) mass is 311 g/mol. The Morgan fingerprint density at radius 1 is 1.50 bits per heavy atom. The highest BCUT2D eigenvalue weighted by Gasteiger charge is 2.15. The highest BCUT2D eigenvalue weighted by Crippen LogP contribution is 2.31. The molecule has 6 heteroatoms. The first-order chi connectivity index (χ1) is 9.51. The largest absolute Gasteiger partial charge is 0.497 e. The van der Waals surface area contributed by atoms with E-state index in [1.54, 1.807) is 7.11 Å². The number of fused-ring (bicyclic) bond motifs is 1. The van der Waals surface area contributed by atoms with Gasteiger partial charge in [0.15, 0.2) is 0 Å². The number of hydrogen-bond donors (Lipinski definition) is 1. The van der Waals surface area contributed by atoms with Gasteiger partial charge in [-0.2, -0.15) is 0 Å². The van der Waals surface area contributed by atoms with Crippen molar-refractivity contribution in [3.63, 3.8) is 0 Å². The number of halogens is 1. The number of ether oxygens (including phenoxy) is 1. The van der Waals surface area contributed by atoms with Gasteiger partial charge in [-0.25, -0.2) is 0 Å². The minimum Gasteiger partial charge on any atom is -0.497 e. The van der Waals surface area contributed by atoms with Gasteiger partial charge in [-0.1, -0.05) is 0 Å². The Balaban J connectivity index is 2.37. The number of rotatable bonds is 5. The van der Waals surface area contributed by atoms with Gasteiger partial charge in [-0.05, 0) is 31.2 Å². The fourth-order valence-corrected chi connectivity index (χ4v) is 3.01. The van der Waals surface area contributed by atoms with E-state index >= 15 is 0 Å². The summed E-state index contributed by atoms with van der Waals surface area (Å²) in [6.07, 6.45) is 0. The molecule has 1 unspecified atom stereocenters. The third-order valence-corrected chi connectivity index (χ3v) is 4.43. The average Bonchev–Trinajstić information content (AvgIpc) is 2.43. The lowest BCUT2D eigenvalue weighted by Crippen LogP contribution is -2.15. The maximum absolute atomic E-state index is 10.8. The van der Waals surface area contributed by atoms with Gasteiger partial charge in [0.05, 0.1) is 12.6 Å². The van der Waals surface area contributed by atoms with Crippen LogP contribution in [0.4, 0.5) is 0 Å². The van der Waals surface area contributed by atoms with Crippen molar-refractivity contribution >= 4 is 40.2 Å². The van der Waals surface area contributed by atoms with E-state index in [1.165, 1.54) is 11.8 Å². The highest BCUT2D eigenvalue weighted by molar-refractivity contribution is 7.99. The van der Waals surface area contributed by atoms with Crippen LogP contribution in [-0.2, 0) is 4.79 Å². The number of pyridine rings is 1. The van der Waals surface area contributed by atoms with Crippen molar-refractivity contribution in [2.75, 3.05) is 12.9 Å². The predicted molar refractivity (Wildman–Crippen MR) is 81.0 cm³/mol. The zero-order chi connectivity index (χ0) is 14.7. The lowest BCUT2D eigenvalue weighted by Gasteiger charge is -2.10. The Morgan fingerprint density at radius 3 is 2.90 bits per heavy atom. The van der Waals surface area contributed by atoms with Crippen LogP contribution in [0.25, 0.3) is 10.9 Å². The van der Waals surface area contributed by atoms with Crippen LogP contribution in [0, 0.1) is 6.92 Å². The molecule has 0 aliphatic rings. The molecule has 0 spiro atoms. The van der Waals surface area contributed by atoms with E-state index in [0.717, 1.165) is 27.2 Å². The first-order valence-electron chi connectivity index (χ1n) is 5.96. The Hall–Kier alpha value is -1.46. The number of methoxy groups -OCH3 is 1. The zero-order valence-electron chi connectivity index (χ0n) is 11.1. The van der Waals surface area contributed by atoms with Crippen molar-refractivity contribution in [3.05, 3.63) is 30.0 Å². The molecular weight excluding hydrogens is 298 g/mol. The quantitative estimate of drug-likeness (QED) is 0.678. The van der Waals surface area contributed by atoms with Gasteiger partial charge in [-0.3, -0.25) is 9.78 Å².